The molecule has 158 valence electrons. The van der Waals surface area contributed by atoms with Crippen molar-refractivity contribution in [2.75, 3.05) is 19.0 Å². The maximum absolute atomic E-state index is 12.2. The van der Waals surface area contributed by atoms with Gasteiger partial charge in [-0.2, -0.15) is 0 Å². The van der Waals surface area contributed by atoms with E-state index in [0.717, 1.165) is 0 Å². The average molecular weight is 433 g/mol. The Hall–Kier alpha value is -3.39. The summed E-state index contributed by atoms with van der Waals surface area (Å²) >= 11 is 5.86. The van der Waals surface area contributed by atoms with Crippen molar-refractivity contribution >= 4 is 41.0 Å². The molecule has 9 heteroatoms. The second kappa shape index (κ2) is 11.0. The second-order valence-corrected chi connectivity index (χ2v) is 6.72. The van der Waals surface area contributed by atoms with Crippen molar-refractivity contribution in [1.82, 2.24) is 5.32 Å². The number of carbonyl (C=O) groups is 4. The molecule has 2 aromatic carbocycles. The molecule has 0 spiro atoms. The molecule has 1 atom stereocenters. The van der Waals surface area contributed by atoms with Gasteiger partial charge in [0, 0.05) is 17.6 Å². The molecule has 8 nitrogen and oxygen atoms in total. The molecule has 0 aromatic heterocycles. The zero-order valence-electron chi connectivity index (χ0n) is 16.4. The number of benzene rings is 2. The Labute approximate surface area is 178 Å². The van der Waals surface area contributed by atoms with E-state index in [4.69, 9.17) is 16.3 Å². The lowest BCUT2D eigenvalue weighted by atomic mass is 10.0. The number of ether oxygens (including phenoxy) is 2. The summed E-state index contributed by atoms with van der Waals surface area (Å²) in [5.74, 6) is -2.00. The Bertz CT molecular complexity index is 912. The van der Waals surface area contributed by atoms with Crippen LogP contribution in [-0.2, 0) is 23.9 Å². The van der Waals surface area contributed by atoms with Crippen LogP contribution in [0.4, 0.5) is 5.69 Å². The van der Waals surface area contributed by atoms with E-state index in [2.05, 4.69) is 15.4 Å². The molecule has 0 heterocycles. The van der Waals surface area contributed by atoms with E-state index < -0.39 is 30.5 Å². The van der Waals surface area contributed by atoms with Crippen molar-refractivity contribution in [2.45, 2.75) is 19.4 Å². The number of hydrogen-bond acceptors (Lipinski definition) is 6. The summed E-state index contributed by atoms with van der Waals surface area (Å²) in [6.45, 7) is 0.845. The minimum atomic E-state index is -0.653. The summed E-state index contributed by atoms with van der Waals surface area (Å²) in [5, 5.41) is 5.75. The van der Waals surface area contributed by atoms with Gasteiger partial charge in [-0.3, -0.25) is 14.4 Å². The van der Waals surface area contributed by atoms with Crippen molar-refractivity contribution in [1.29, 1.82) is 0 Å². The Morgan fingerprint density at radius 2 is 1.63 bits per heavy atom. The maximum Gasteiger partial charge on any atom is 0.337 e. The molecule has 2 rings (SSSR count). The van der Waals surface area contributed by atoms with Gasteiger partial charge in [-0.15, -0.1) is 0 Å². The van der Waals surface area contributed by atoms with Gasteiger partial charge in [0.15, 0.2) is 6.61 Å². The molecule has 0 aliphatic carbocycles. The predicted octanol–water partition coefficient (Wildman–Crippen LogP) is 2.88. The van der Waals surface area contributed by atoms with E-state index in [0.29, 0.717) is 21.8 Å². The second-order valence-electron chi connectivity index (χ2n) is 6.29. The van der Waals surface area contributed by atoms with Gasteiger partial charge in [-0.25, -0.2) is 4.79 Å². The number of methoxy groups -OCH3 is 1. The van der Waals surface area contributed by atoms with Crippen LogP contribution in [0, 0.1) is 0 Å². The van der Waals surface area contributed by atoms with Crippen molar-refractivity contribution < 1.29 is 28.7 Å². The third kappa shape index (κ3) is 7.21. The Morgan fingerprint density at radius 3 is 2.20 bits per heavy atom. The fourth-order valence-electron chi connectivity index (χ4n) is 2.57. The number of nitrogens with one attached hydrogen (secondary N) is 2. The fraction of sp³-hybridized carbons (Fsp3) is 0.238. The number of amides is 2. The van der Waals surface area contributed by atoms with Crippen LogP contribution in [0.15, 0.2) is 48.5 Å². The fourth-order valence-corrected chi connectivity index (χ4v) is 2.69. The SMILES string of the molecule is COC(=O)c1ccc(NC(=O)COC(=O)CC(NC(C)=O)c2ccc(Cl)cc2)cc1. The number of anilines is 1. The molecular weight excluding hydrogens is 412 g/mol. The van der Waals surface area contributed by atoms with Gasteiger partial charge in [0.1, 0.15) is 0 Å². The molecule has 2 amide bonds. The molecule has 0 aliphatic heterocycles. The van der Waals surface area contributed by atoms with Crippen LogP contribution in [0.5, 0.6) is 0 Å². The molecule has 1 unspecified atom stereocenters. The van der Waals surface area contributed by atoms with Gasteiger partial charge in [-0.1, -0.05) is 23.7 Å². The molecule has 30 heavy (non-hydrogen) atoms. The molecule has 0 bridgehead atoms. The standard InChI is InChI=1S/C21H21ClN2O6/c1-13(25)23-18(14-3-7-16(22)8-4-14)11-20(27)30-12-19(26)24-17-9-5-15(6-10-17)21(28)29-2/h3-10,18H,11-12H2,1-2H3,(H,23,25)(H,24,26). The summed E-state index contributed by atoms with van der Waals surface area (Å²) < 4.78 is 9.61. The Kier molecular flexibility index (Phi) is 8.37. The molecule has 2 N–H and O–H groups in total. The molecule has 0 saturated heterocycles. The summed E-state index contributed by atoms with van der Waals surface area (Å²) in [6, 6.07) is 12.1. The van der Waals surface area contributed by atoms with Crippen LogP contribution in [-0.4, -0.2) is 37.5 Å². The van der Waals surface area contributed by atoms with Gasteiger partial charge in [0.2, 0.25) is 5.91 Å². The molecular formula is C21H21ClN2O6. The molecule has 0 aliphatic rings. The van der Waals surface area contributed by atoms with Crippen LogP contribution in [0.3, 0.4) is 0 Å². The van der Waals surface area contributed by atoms with Crippen molar-refractivity contribution in [3.05, 3.63) is 64.7 Å². The van der Waals surface area contributed by atoms with E-state index in [9.17, 15) is 19.2 Å². The van der Waals surface area contributed by atoms with E-state index >= 15 is 0 Å². The van der Waals surface area contributed by atoms with Crippen LogP contribution in [0.25, 0.3) is 0 Å². The van der Waals surface area contributed by atoms with Gasteiger partial charge in [0.05, 0.1) is 25.1 Å². The van der Waals surface area contributed by atoms with E-state index in [1.807, 2.05) is 0 Å². The minimum absolute atomic E-state index is 0.150. The largest absolute Gasteiger partial charge is 0.465 e. The monoisotopic (exact) mass is 432 g/mol. The summed E-state index contributed by atoms with van der Waals surface area (Å²) in [4.78, 5) is 47.0. The van der Waals surface area contributed by atoms with Crippen LogP contribution in [0.2, 0.25) is 5.02 Å². The first-order chi connectivity index (χ1) is 14.3. The predicted molar refractivity (Wildman–Crippen MR) is 110 cm³/mol. The normalized spacial score (nSPS) is 11.2. The smallest absolute Gasteiger partial charge is 0.337 e. The number of hydrogen-bond donors (Lipinski definition) is 2. The molecule has 0 radical (unpaired) electrons. The molecule has 0 saturated carbocycles. The van der Waals surface area contributed by atoms with Gasteiger partial charge >= 0.3 is 11.9 Å². The van der Waals surface area contributed by atoms with Crippen molar-refractivity contribution in [3.63, 3.8) is 0 Å². The third-order valence-electron chi connectivity index (χ3n) is 3.97. The number of carbonyl (C=O) groups excluding carboxylic acids is 4. The van der Waals surface area contributed by atoms with Crippen LogP contribution >= 0.6 is 11.6 Å². The number of rotatable bonds is 8. The third-order valence-corrected chi connectivity index (χ3v) is 4.23. The van der Waals surface area contributed by atoms with E-state index in [-0.39, 0.29) is 12.3 Å². The highest BCUT2D eigenvalue weighted by Crippen LogP contribution is 2.20. The highest BCUT2D eigenvalue weighted by Gasteiger charge is 2.19. The Balaban J connectivity index is 1.88. The minimum Gasteiger partial charge on any atom is -0.465 e. The van der Waals surface area contributed by atoms with Gasteiger partial charge in [0.25, 0.3) is 5.91 Å². The maximum atomic E-state index is 12.2. The lowest BCUT2D eigenvalue weighted by Gasteiger charge is -2.17. The lowest BCUT2D eigenvalue weighted by Crippen LogP contribution is -2.29. The highest BCUT2D eigenvalue weighted by molar-refractivity contribution is 6.30. The topological polar surface area (TPSA) is 111 Å². The molecule has 0 fully saturated rings. The summed E-state index contributed by atoms with van der Waals surface area (Å²) in [7, 11) is 1.27. The van der Waals surface area contributed by atoms with Crippen molar-refractivity contribution in [2.24, 2.45) is 0 Å². The van der Waals surface area contributed by atoms with E-state index in [1.54, 1.807) is 24.3 Å². The first-order valence-electron chi connectivity index (χ1n) is 8.95. The summed E-state index contributed by atoms with van der Waals surface area (Å²) in [5.41, 5.74) is 1.45. The van der Waals surface area contributed by atoms with Gasteiger partial charge in [-0.05, 0) is 42.0 Å². The first-order valence-corrected chi connectivity index (χ1v) is 9.32. The van der Waals surface area contributed by atoms with Crippen LogP contribution < -0.4 is 10.6 Å². The zero-order valence-corrected chi connectivity index (χ0v) is 17.2. The van der Waals surface area contributed by atoms with Crippen molar-refractivity contribution in [3.8, 4) is 0 Å². The van der Waals surface area contributed by atoms with Gasteiger partial charge < -0.3 is 20.1 Å². The molecule has 2 aromatic rings. The quantitative estimate of drug-likeness (QED) is 0.620. The average Bonchev–Trinajstić information content (AvgIpc) is 2.72. The number of esters is 2. The first kappa shape index (κ1) is 22.9. The zero-order chi connectivity index (χ0) is 22.1. The Morgan fingerprint density at radius 1 is 1.00 bits per heavy atom. The number of halogens is 1. The van der Waals surface area contributed by atoms with Crippen LogP contribution in [0.1, 0.15) is 35.3 Å². The summed E-state index contributed by atoms with van der Waals surface area (Å²) in [6.07, 6.45) is -0.150. The lowest BCUT2D eigenvalue weighted by molar-refractivity contribution is -0.148. The highest BCUT2D eigenvalue weighted by atomic mass is 35.5. The van der Waals surface area contributed by atoms with E-state index in [1.165, 1.54) is 38.3 Å².